The quantitative estimate of drug-likeness (QED) is 0.809. The average molecular weight is 270 g/mol. The molecule has 0 radical (unpaired) electrons. The summed E-state index contributed by atoms with van der Waals surface area (Å²) < 4.78 is 5.77. The molecule has 2 aliphatic carbocycles. The number of carbonyl (C=O) groups is 1. The van der Waals surface area contributed by atoms with Crippen LogP contribution in [0.3, 0.4) is 0 Å². The molecule has 0 heterocycles. The van der Waals surface area contributed by atoms with Gasteiger partial charge in [0.05, 0.1) is 12.5 Å². The van der Waals surface area contributed by atoms with E-state index < -0.39 is 5.41 Å². The van der Waals surface area contributed by atoms with E-state index in [2.05, 4.69) is 32.9 Å². The van der Waals surface area contributed by atoms with E-state index >= 15 is 0 Å². The summed E-state index contributed by atoms with van der Waals surface area (Å²) in [6.07, 6.45) is 1.65. The maximum absolute atomic E-state index is 12.5. The van der Waals surface area contributed by atoms with Crippen LogP contribution in [-0.2, 0) is 9.53 Å². The average Bonchev–Trinajstić information content (AvgIpc) is 2.68. The van der Waals surface area contributed by atoms with E-state index in [0.29, 0.717) is 18.1 Å². The molecule has 0 amide bonds. The van der Waals surface area contributed by atoms with Crippen LogP contribution in [0.25, 0.3) is 5.57 Å². The number of benzene rings is 1. The number of ether oxygens (including phenoxy) is 1. The molecule has 1 fully saturated rings. The summed E-state index contributed by atoms with van der Waals surface area (Å²) in [5.41, 5.74) is 1.90. The molecule has 0 spiro atoms. The van der Waals surface area contributed by atoms with Gasteiger partial charge in [0.15, 0.2) is 0 Å². The Hall–Kier alpha value is -1.57. The van der Waals surface area contributed by atoms with Gasteiger partial charge in [0, 0.05) is 6.42 Å². The molecule has 1 saturated carbocycles. The topological polar surface area (TPSA) is 26.3 Å². The van der Waals surface area contributed by atoms with E-state index in [4.69, 9.17) is 4.74 Å². The van der Waals surface area contributed by atoms with Crippen molar-refractivity contribution in [2.45, 2.75) is 33.6 Å². The third-order valence-electron chi connectivity index (χ3n) is 5.08. The van der Waals surface area contributed by atoms with Crippen molar-refractivity contribution in [3.8, 4) is 0 Å². The fourth-order valence-electron chi connectivity index (χ4n) is 4.29. The van der Waals surface area contributed by atoms with Gasteiger partial charge in [-0.3, -0.25) is 4.79 Å². The summed E-state index contributed by atoms with van der Waals surface area (Å²) in [6.45, 7) is 6.47. The first-order valence-electron chi connectivity index (χ1n) is 7.29. The van der Waals surface area contributed by atoms with E-state index in [9.17, 15) is 4.79 Å². The number of hydrogen-bond donors (Lipinski definition) is 0. The summed E-state index contributed by atoms with van der Waals surface area (Å²) in [5.74, 6) is 1.66. The predicted molar refractivity (Wildman–Crippen MR) is 80.0 cm³/mol. The second-order valence-corrected chi connectivity index (χ2v) is 6.96. The molecule has 3 rings (SSSR count). The molecule has 2 nitrogen and oxygen atoms in total. The Morgan fingerprint density at radius 2 is 1.80 bits per heavy atom. The van der Waals surface area contributed by atoms with Crippen LogP contribution in [0.15, 0.2) is 36.1 Å². The second kappa shape index (κ2) is 4.21. The first-order chi connectivity index (χ1) is 9.42. The van der Waals surface area contributed by atoms with Gasteiger partial charge in [-0.2, -0.15) is 0 Å². The zero-order valence-electron chi connectivity index (χ0n) is 12.7. The van der Waals surface area contributed by atoms with Gasteiger partial charge in [-0.15, -0.1) is 0 Å². The van der Waals surface area contributed by atoms with Crippen LogP contribution >= 0.6 is 0 Å². The SMILES string of the molecule is COC1=C(c2ccccc2)C[C@H]2CC(=O)[C@@]12C(C)(C)C. The Kier molecular flexibility index (Phi) is 2.82. The first kappa shape index (κ1) is 13.4. The van der Waals surface area contributed by atoms with Crippen LogP contribution in [0.5, 0.6) is 0 Å². The normalized spacial score (nSPS) is 29.2. The molecular formula is C18H22O2. The Bertz CT molecular complexity index is 577. The fourth-order valence-corrected chi connectivity index (χ4v) is 4.29. The van der Waals surface area contributed by atoms with Gasteiger partial charge in [-0.05, 0) is 28.9 Å². The second-order valence-electron chi connectivity index (χ2n) is 6.96. The van der Waals surface area contributed by atoms with E-state index in [1.807, 2.05) is 18.2 Å². The molecule has 0 N–H and O–H groups in total. The van der Waals surface area contributed by atoms with Gasteiger partial charge >= 0.3 is 0 Å². The monoisotopic (exact) mass is 270 g/mol. The van der Waals surface area contributed by atoms with Crippen molar-refractivity contribution in [1.29, 1.82) is 0 Å². The van der Waals surface area contributed by atoms with Crippen molar-refractivity contribution in [1.82, 2.24) is 0 Å². The Morgan fingerprint density at radius 1 is 1.15 bits per heavy atom. The molecule has 0 aliphatic heterocycles. The number of ketones is 1. The van der Waals surface area contributed by atoms with Gasteiger partial charge in [-0.1, -0.05) is 51.1 Å². The molecule has 20 heavy (non-hydrogen) atoms. The van der Waals surface area contributed by atoms with Crippen LogP contribution in [-0.4, -0.2) is 12.9 Å². The molecule has 1 aromatic rings. The van der Waals surface area contributed by atoms with Gasteiger partial charge in [0.2, 0.25) is 0 Å². The van der Waals surface area contributed by atoms with Crippen molar-refractivity contribution in [2.75, 3.05) is 7.11 Å². The third kappa shape index (κ3) is 1.48. The fraction of sp³-hybridized carbons (Fsp3) is 0.500. The van der Waals surface area contributed by atoms with Crippen LogP contribution in [0.4, 0.5) is 0 Å². The lowest BCUT2D eigenvalue weighted by Gasteiger charge is -2.52. The van der Waals surface area contributed by atoms with Gasteiger partial charge < -0.3 is 4.74 Å². The van der Waals surface area contributed by atoms with Crippen LogP contribution in [0.2, 0.25) is 0 Å². The maximum atomic E-state index is 12.5. The summed E-state index contributed by atoms with van der Waals surface area (Å²) >= 11 is 0. The minimum Gasteiger partial charge on any atom is -0.500 e. The van der Waals surface area contributed by atoms with E-state index in [1.165, 1.54) is 11.1 Å². The number of Topliss-reactive ketones (excluding diaryl/α,β-unsaturated/α-hetero) is 1. The molecule has 2 aliphatic rings. The predicted octanol–water partition coefficient (Wildman–Crippen LogP) is 4.07. The highest BCUT2D eigenvalue weighted by atomic mass is 16.5. The molecule has 2 heteroatoms. The first-order valence-corrected chi connectivity index (χ1v) is 7.29. The lowest BCUT2D eigenvalue weighted by Crippen LogP contribution is -2.56. The number of rotatable bonds is 2. The molecule has 0 unspecified atom stereocenters. The van der Waals surface area contributed by atoms with Crippen molar-refractivity contribution >= 4 is 11.4 Å². The van der Waals surface area contributed by atoms with Crippen molar-refractivity contribution in [2.24, 2.45) is 16.7 Å². The number of fused-ring (bicyclic) bond motifs is 1. The standard InChI is InChI=1S/C18H22O2/c1-17(2,3)18-13(11-15(18)19)10-14(16(18)20-4)12-8-6-5-7-9-12/h5-9,13H,10-11H2,1-4H3/t13-,18+/m0/s1. The zero-order valence-corrected chi connectivity index (χ0v) is 12.7. The molecule has 2 atom stereocenters. The summed E-state index contributed by atoms with van der Waals surface area (Å²) in [7, 11) is 1.71. The number of methoxy groups -OCH3 is 1. The van der Waals surface area contributed by atoms with Crippen LogP contribution in [0, 0.1) is 16.7 Å². The number of hydrogen-bond acceptors (Lipinski definition) is 2. The molecule has 1 aromatic carbocycles. The Balaban J connectivity index is 2.18. The van der Waals surface area contributed by atoms with E-state index in [1.54, 1.807) is 7.11 Å². The van der Waals surface area contributed by atoms with Gasteiger partial charge in [-0.25, -0.2) is 0 Å². The van der Waals surface area contributed by atoms with Crippen molar-refractivity contribution in [3.63, 3.8) is 0 Å². The van der Waals surface area contributed by atoms with Crippen LogP contribution in [0.1, 0.15) is 39.2 Å². The van der Waals surface area contributed by atoms with Gasteiger partial charge in [0.25, 0.3) is 0 Å². The smallest absolute Gasteiger partial charge is 0.147 e. The zero-order chi connectivity index (χ0) is 14.5. The largest absolute Gasteiger partial charge is 0.500 e. The number of carbonyl (C=O) groups excluding carboxylic acids is 1. The van der Waals surface area contributed by atoms with Gasteiger partial charge in [0.1, 0.15) is 11.5 Å². The highest BCUT2D eigenvalue weighted by Crippen LogP contribution is 2.67. The maximum Gasteiger partial charge on any atom is 0.147 e. The number of allylic oxidation sites excluding steroid dienone is 2. The highest BCUT2D eigenvalue weighted by molar-refractivity contribution is 5.99. The van der Waals surface area contributed by atoms with Crippen LogP contribution < -0.4 is 0 Å². The van der Waals surface area contributed by atoms with E-state index in [-0.39, 0.29) is 5.41 Å². The summed E-state index contributed by atoms with van der Waals surface area (Å²) in [5, 5.41) is 0. The lowest BCUT2D eigenvalue weighted by atomic mass is 9.49. The van der Waals surface area contributed by atoms with Crippen molar-refractivity contribution in [3.05, 3.63) is 41.7 Å². The molecule has 0 saturated heterocycles. The van der Waals surface area contributed by atoms with Crippen molar-refractivity contribution < 1.29 is 9.53 Å². The molecule has 0 bridgehead atoms. The lowest BCUT2D eigenvalue weighted by molar-refractivity contribution is -0.155. The molecule has 106 valence electrons. The molecule has 0 aromatic heterocycles. The Labute approximate surface area is 120 Å². The minimum absolute atomic E-state index is 0.102. The Morgan fingerprint density at radius 3 is 2.30 bits per heavy atom. The molecular weight excluding hydrogens is 248 g/mol. The third-order valence-corrected chi connectivity index (χ3v) is 5.08. The summed E-state index contributed by atoms with van der Waals surface area (Å²) in [6, 6.07) is 10.3. The minimum atomic E-state index is -0.410. The summed E-state index contributed by atoms with van der Waals surface area (Å²) in [4.78, 5) is 12.5. The highest BCUT2D eigenvalue weighted by Gasteiger charge is 2.67. The van der Waals surface area contributed by atoms with E-state index in [0.717, 1.165) is 12.2 Å².